The number of nitro groups is 1. The molecule has 112 valence electrons. The lowest BCUT2D eigenvalue weighted by molar-refractivity contribution is -0.388. The summed E-state index contributed by atoms with van der Waals surface area (Å²) >= 11 is 0. The van der Waals surface area contributed by atoms with Crippen molar-refractivity contribution in [3.05, 3.63) is 33.9 Å². The molecule has 0 fully saturated rings. The Kier molecular flexibility index (Phi) is 5.64. The Balaban J connectivity index is 3.30. The molecule has 0 bridgehead atoms. The van der Waals surface area contributed by atoms with Gasteiger partial charge in [0.25, 0.3) is 5.69 Å². The standard InChI is InChI=1S/C13H20N2O4S/c1-4-6-11(14-2)9-10-7-5-8-12(20(3,18)19)13(10)15(16)17/h5,7-8,11,14H,4,6,9H2,1-3H3. The molecule has 20 heavy (non-hydrogen) atoms. The number of nitro benzene ring substituents is 1. The maximum Gasteiger partial charge on any atom is 0.291 e. The van der Waals surface area contributed by atoms with Crippen LogP contribution in [0, 0.1) is 10.1 Å². The van der Waals surface area contributed by atoms with Crippen molar-refractivity contribution in [2.75, 3.05) is 13.3 Å². The number of nitrogens with one attached hydrogen (secondary N) is 1. The van der Waals surface area contributed by atoms with Crippen LogP contribution in [0.5, 0.6) is 0 Å². The highest BCUT2D eigenvalue weighted by molar-refractivity contribution is 7.90. The summed E-state index contributed by atoms with van der Waals surface area (Å²) in [5, 5.41) is 14.3. The second-order valence-electron chi connectivity index (χ2n) is 4.77. The largest absolute Gasteiger partial charge is 0.317 e. The van der Waals surface area contributed by atoms with Crippen molar-refractivity contribution in [2.45, 2.75) is 37.1 Å². The number of rotatable bonds is 7. The topological polar surface area (TPSA) is 89.3 Å². The second-order valence-corrected chi connectivity index (χ2v) is 6.76. The summed E-state index contributed by atoms with van der Waals surface area (Å²) in [5.41, 5.74) is 0.150. The molecule has 0 aromatic heterocycles. The van der Waals surface area contributed by atoms with Gasteiger partial charge in [-0.2, -0.15) is 0 Å². The highest BCUT2D eigenvalue weighted by Crippen LogP contribution is 2.29. The molecule has 1 aromatic carbocycles. The summed E-state index contributed by atoms with van der Waals surface area (Å²) in [6.07, 6.45) is 3.24. The Labute approximate surface area is 119 Å². The van der Waals surface area contributed by atoms with Crippen molar-refractivity contribution in [3.63, 3.8) is 0 Å². The SMILES string of the molecule is CCCC(Cc1cccc(S(C)(=O)=O)c1[N+](=O)[O-])NC. The predicted molar refractivity (Wildman–Crippen MR) is 77.7 cm³/mol. The third-order valence-corrected chi connectivity index (χ3v) is 4.30. The fourth-order valence-corrected chi connectivity index (χ4v) is 3.08. The first-order valence-electron chi connectivity index (χ1n) is 6.44. The molecule has 0 saturated heterocycles. The average molecular weight is 300 g/mol. The molecule has 1 rings (SSSR count). The van der Waals surface area contributed by atoms with E-state index in [-0.39, 0.29) is 16.6 Å². The summed E-state index contributed by atoms with van der Waals surface area (Å²) in [4.78, 5) is 10.4. The minimum absolute atomic E-state index is 0.0912. The number of sulfone groups is 1. The van der Waals surface area contributed by atoms with Gasteiger partial charge in [0, 0.05) is 17.9 Å². The van der Waals surface area contributed by atoms with Gasteiger partial charge in [0.05, 0.1) is 4.92 Å². The summed E-state index contributed by atoms with van der Waals surface area (Å²) in [7, 11) is -1.82. The normalized spacial score (nSPS) is 13.2. The molecule has 1 atom stereocenters. The fraction of sp³-hybridized carbons (Fsp3) is 0.538. The van der Waals surface area contributed by atoms with Gasteiger partial charge in [0.1, 0.15) is 4.90 Å². The molecule has 6 nitrogen and oxygen atoms in total. The first-order valence-corrected chi connectivity index (χ1v) is 8.34. The molecule has 7 heteroatoms. The summed E-state index contributed by atoms with van der Waals surface area (Å²) in [6, 6.07) is 4.54. The van der Waals surface area contributed by atoms with Gasteiger partial charge in [-0.15, -0.1) is 0 Å². The van der Waals surface area contributed by atoms with Crippen LogP contribution in [0.3, 0.4) is 0 Å². The smallest absolute Gasteiger partial charge is 0.291 e. The van der Waals surface area contributed by atoms with E-state index in [1.54, 1.807) is 19.2 Å². The Morgan fingerprint density at radius 3 is 2.50 bits per heavy atom. The van der Waals surface area contributed by atoms with E-state index in [9.17, 15) is 18.5 Å². The molecule has 1 aromatic rings. The lowest BCUT2D eigenvalue weighted by Crippen LogP contribution is -2.27. The number of hydrogen-bond acceptors (Lipinski definition) is 5. The quantitative estimate of drug-likeness (QED) is 0.614. The number of nitrogens with zero attached hydrogens (tertiary/aromatic N) is 1. The first kappa shape index (κ1) is 16.6. The number of para-hydroxylation sites is 1. The Morgan fingerprint density at radius 1 is 1.40 bits per heavy atom. The third kappa shape index (κ3) is 4.01. The second kappa shape index (κ2) is 6.81. The summed E-state index contributed by atoms with van der Waals surface area (Å²) in [5.74, 6) is 0. The van der Waals surface area contributed by atoms with Gasteiger partial charge >= 0.3 is 0 Å². The van der Waals surface area contributed by atoms with Crippen molar-refractivity contribution in [2.24, 2.45) is 0 Å². The maximum atomic E-state index is 11.7. The van der Waals surface area contributed by atoms with E-state index in [2.05, 4.69) is 5.32 Å². The average Bonchev–Trinajstić information content (AvgIpc) is 2.36. The molecule has 0 aliphatic carbocycles. The summed E-state index contributed by atoms with van der Waals surface area (Å²) in [6.45, 7) is 2.03. The zero-order valence-corrected chi connectivity index (χ0v) is 12.7. The molecule has 0 radical (unpaired) electrons. The van der Waals surface area contributed by atoms with E-state index < -0.39 is 14.8 Å². The van der Waals surface area contributed by atoms with Crippen LogP contribution < -0.4 is 5.32 Å². The fourth-order valence-electron chi connectivity index (χ4n) is 2.20. The van der Waals surface area contributed by atoms with Crippen LogP contribution in [-0.2, 0) is 16.3 Å². The predicted octanol–water partition coefficient (Wildman–Crippen LogP) is 1.93. The van der Waals surface area contributed by atoms with Gasteiger partial charge in [0.15, 0.2) is 9.84 Å². The van der Waals surface area contributed by atoms with Crippen molar-refractivity contribution >= 4 is 15.5 Å². The van der Waals surface area contributed by atoms with E-state index in [1.165, 1.54) is 6.07 Å². The molecule has 0 spiro atoms. The minimum atomic E-state index is -3.62. The van der Waals surface area contributed by atoms with Crippen molar-refractivity contribution < 1.29 is 13.3 Å². The molecular formula is C13H20N2O4S. The molecule has 0 aliphatic rings. The lowest BCUT2D eigenvalue weighted by Gasteiger charge is -2.15. The van der Waals surface area contributed by atoms with E-state index in [4.69, 9.17) is 0 Å². The van der Waals surface area contributed by atoms with Gasteiger partial charge in [-0.1, -0.05) is 25.5 Å². The van der Waals surface area contributed by atoms with Crippen LogP contribution >= 0.6 is 0 Å². The van der Waals surface area contributed by atoms with E-state index >= 15 is 0 Å². The Hall–Kier alpha value is -1.47. The molecule has 0 saturated carbocycles. The molecule has 0 heterocycles. The van der Waals surface area contributed by atoms with Gasteiger partial charge in [0.2, 0.25) is 0 Å². The Morgan fingerprint density at radius 2 is 2.05 bits per heavy atom. The van der Waals surface area contributed by atoms with Crippen LogP contribution in [0.15, 0.2) is 23.1 Å². The van der Waals surface area contributed by atoms with Crippen molar-refractivity contribution in [1.29, 1.82) is 0 Å². The molecule has 1 N–H and O–H groups in total. The highest BCUT2D eigenvalue weighted by atomic mass is 32.2. The van der Waals surface area contributed by atoms with E-state index in [1.807, 2.05) is 6.92 Å². The molecule has 0 amide bonds. The number of likely N-dealkylation sites (N-methyl/N-ethyl adjacent to an activating group) is 1. The van der Waals surface area contributed by atoms with Crippen LogP contribution in [0.2, 0.25) is 0 Å². The highest BCUT2D eigenvalue weighted by Gasteiger charge is 2.26. The monoisotopic (exact) mass is 300 g/mol. The zero-order valence-electron chi connectivity index (χ0n) is 11.9. The Bertz CT molecular complexity index is 584. The van der Waals surface area contributed by atoms with Gasteiger partial charge in [-0.3, -0.25) is 10.1 Å². The lowest BCUT2D eigenvalue weighted by atomic mass is 10.0. The van der Waals surface area contributed by atoms with E-state index in [0.29, 0.717) is 12.0 Å². The number of hydrogen-bond donors (Lipinski definition) is 1. The van der Waals surface area contributed by atoms with Crippen LogP contribution in [-0.4, -0.2) is 32.7 Å². The maximum absolute atomic E-state index is 11.7. The molecule has 0 aliphatic heterocycles. The number of benzene rings is 1. The minimum Gasteiger partial charge on any atom is -0.317 e. The first-order chi connectivity index (χ1) is 9.31. The van der Waals surface area contributed by atoms with Gasteiger partial charge < -0.3 is 5.32 Å². The molecule has 1 unspecified atom stereocenters. The third-order valence-electron chi connectivity index (χ3n) is 3.18. The van der Waals surface area contributed by atoms with Crippen LogP contribution in [0.25, 0.3) is 0 Å². The van der Waals surface area contributed by atoms with E-state index in [0.717, 1.165) is 19.1 Å². The van der Waals surface area contributed by atoms with Gasteiger partial charge in [-0.05, 0) is 26.0 Å². The van der Waals surface area contributed by atoms with Gasteiger partial charge in [-0.25, -0.2) is 8.42 Å². The van der Waals surface area contributed by atoms with Crippen molar-refractivity contribution in [1.82, 2.24) is 5.32 Å². The van der Waals surface area contributed by atoms with Crippen LogP contribution in [0.4, 0.5) is 5.69 Å². The van der Waals surface area contributed by atoms with Crippen LogP contribution in [0.1, 0.15) is 25.3 Å². The summed E-state index contributed by atoms with van der Waals surface area (Å²) < 4.78 is 23.3. The van der Waals surface area contributed by atoms with Crippen molar-refractivity contribution in [3.8, 4) is 0 Å². The zero-order chi connectivity index (χ0) is 15.3. The molecular weight excluding hydrogens is 280 g/mol.